The Hall–Kier alpha value is -1.48. The van der Waals surface area contributed by atoms with Gasteiger partial charge >= 0.3 is 0 Å². The van der Waals surface area contributed by atoms with Crippen LogP contribution in [-0.4, -0.2) is 31.4 Å². The molecule has 1 aromatic heterocycles. The molecule has 0 bridgehead atoms. The monoisotopic (exact) mass is 321 g/mol. The van der Waals surface area contributed by atoms with Crippen molar-refractivity contribution in [2.45, 2.75) is 43.7 Å². The van der Waals surface area contributed by atoms with E-state index in [4.69, 9.17) is 5.14 Å². The SMILES string of the molecule is CC(NC(=O)c1cc(S(N)(=O)=O)cn1CC(F)F)C1CC1. The first-order valence-corrected chi connectivity index (χ1v) is 8.05. The molecule has 0 aliphatic heterocycles. The van der Waals surface area contributed by atoms with E-state index in [0.29, 0.717) is 5.92 Å². The summed E-state index contributed by atoms with van der Waals surface area (Å²) in [6.07, 6.45) is 0.278. The average Bonchev–Trinajstić information content (AvgIpc) is 3.09. The Morgan fingerprint density at radius 2 is 2.14 bits per heavy atom. The van der Waals surface area contributed by atoms with E-state index >= 15 is 0 Å². The van der Waals surface area contributed by atoms with Gasteiger partial charge in [0.25, 0.3) is 12.3 Å². The van der Waals surface area contributed by atoms with Crippen molar-refractivity contribution in [1.29, 1.82) is 0 Å². The van der Waals surface area contributed by atoms with Crippen molar-refractivity contribution in [3.8, 4) is 0 Å². The summed E-state index contributed by atoms with van der Waals surface area (Å²) >= 11 is 0. The molecule has 9 heteroatoms. The first-order valence-electron chi connectivity index (χ1n) is 6.50. The number of nitrogens with two attached hydrogens (primary N) is 1. The Kier molecular flexibility index (Phi) is 4.33. The van der Waals surface area contributed by atoms with Crippen LogP contribution in [0.4, 0.5) is 8.78 Å². The molecule has 1 aliphatic rings. The minimum Gasteiger partial charge on any atom is -0.348 e. The molecule has 1 fully saturated rings. The largest absolute Gasteiger partial charge is 0.348 e. The smallest absolute Gasteiger partial charge is 0.268 e. The first kappa shape index (κ1) is 15.9. The van der Waals surface area contributed by atoms with Gasteiger partial charge in [0.2, 0.25) is 10.0 Å². The van der Waals surface area contributed by atoms with Gasteiger partial charge in [-0.2, -0.15) is 0 Å². The molecule has 0 radical (unpaired) electrons. The Morgan fingerprint density at radius 3 is 2.62 bits per heavy atom. The number of hydrogen-bond acceptors (Lipinski definition) is 3. The minimum absolute atomic E-state index is 0.0784. The predicted octanol–water partition coefficient (Wildman–Crippen LogP) is 0.929. The van der Waals surface area contributed by atoms with E-state index in [1.54, 1.807) is 0 Å². The number of primary sulfonamides is 1. The molecule has 1 aromatic rings. The van der Waals surface area contributed by atoms with Gasteiger partial charge in [0.05, 0.1) is 6.54 Å². The second-order valence-corrected chi connectivity index (χ2v) is 6.81. The van der Waals surface area contributed by atoms with Crippen LogP contribution in [0.15, 0.2) is 17.2 Å². The lowest BCUT2D eigenvalue weighted by molar-refractivity contribution is 0.0913. The fraction of sp³-hybridized carbons (Fsp3) is 0.583. The number of amides is 1. The maximum atomic E-state index is 12.5. The molecule has 1 heterocycles. The summed E-state index contributed by atoms with van der Waals surface area (Å²) in [5, 5.41) is 7.67. The normalized spacial score (nSPS) is 17.0. The van der Waals surface area contributed by atoms with Crippen molar-refractivity contribution in [1.82, 2.24) is 9.88 Å². The molecule has 6 nitrogen and oxygen atoms in total. The van der Waals surface area contributed by atoms with E-state index in [2.05, 4.69) is 5.32 Å². The summed E-state index contributed by atoms with van der Waals surface area (Å²) in [6.45, 7) is 1.06. The number of hydrogen-bond donors (Lipinski definition) is 2. The molecule has 1 aliphatic carbocycles. The summed E-state index contributed by atoms with van der Waals surface area (Å²) < 4.78 is 48.6. The van der Waals surface area contributed by atoms with Gasteiger partial charge in [-0.3, -0.25) is 4.79 Å². The molecule has 21 heavy (non-hydrogen) atoms. The number of alkyl halides is 2. The van der Waals surface area contributed by atoms with Gasteiger partial charge in [0, 0.05) is 12.2 Å². The number of nitrogens with one attached hydrogen (secondary N) is 1. The Labute approximate surface area is 121 Å². The summed E-state index contributed by atoms with van der Waals surface area (Å²) in [5.74, 6) is -0.185. The molecule has 2 rings (SSSR count). The number of carbonyl (C=O) groups excluding carboxylic acids is 1. The zero-order valence-corrected chi connectivity index (χ0v) is 12.2. The highest BCUT2D eigenvalue weighted by Gasteiger charge is 2.30. The van der Waals surface area contributed by atoms with E-state index < -0.39 is 28.9 Å². The quantitative estimate of drug-likeness (QED) is 0.816. The van der Waals surface area contributed by atoms with Crippen LogP contribution in [-0.2, 0) is 16.6 Å². The molecular formula is C12H17F2N3O3S. The van der Waals surface area contributed by atoms with Gasteiger partial charge in [0.1, 0.15) is 10.6 Å². The van der Waals surface area contributed by atoms with Crippen LogP contribution in [0.1, 0.15) is 30.3 Å². The zero-order chi connectivity index (χ0) is 15.8. The second kappa shape index (κ2) is 5.72. The fourth-order valence-electron chi connectivity index (χ4n) is 2.12. The molecule has 0 spiro atoms. The van der Waals surface area contributed by atoms with E-state index in [-0.39, 0.29) is 16.6 Å². The van der Waals surface area contributed by atoms with Crippen molar-refractivity contribution in [3.63, 3.8) is 0 Å². The van der Waals surface area contributed by atoms with Gasteiger partial charge in [-0.05, 0) is 31.7 Å². The molecule has 1 atom stereocenters. The lowest BCUT2D eigenvalue weighted by atomic mass is 10.2. The predicted molar refractivity (Wildman–Crippen MR) is 71.5 cm³/mol. The standard InChI is InChI=1S/C12H17F2N3O3S/c1-7(8-2-3-8)16-12(18)10-4-9(21(15,19)20)5-17(10)6-11(13)14/h4-5,7-8,11H,2-3,6H2,1H3,(H,16,18)(H2,15,19,20). The number of halogens is 2. The minimum atomic E-state index is -4.05. The van der Waals surface area contributed by atoms with Gasteiger partial charge in [-0.15, -0.1) is 0 Å². The number of sulfonamides is 1. The Bertz CT molecular complexity index is 638. The molecule has 3 N–H and O–H groups in total. The van der Waals surface area contributed by atoms with Gasteiger partial charge in [-0.25, -0.2) is 22.3 Å². The van der Waals surface area contributed by atoms with Crippen LogP contribution < -0.4 is 10.5 Å². The highest BCUT2D eigenvalue weighted by atomic mass is 32.2. The molecule has 0 saturated heterocycles. The molecule has 0 aromatic carbocycles. The van der Waals surface area contributed by atoms with Crippen LogP contribution in [0.2, 0.25) is 0 Å². The maximum Gasteiger partial charge on any atom is 0.268 e. The van der Waals surface area contributed by atoms with E-state index in [0.717, 1.165) is 29.7 Å². The van der Waals surface area contributed by atoms with E-state index in [9.17, 15) is 22.0 Å². The summed E-state index contributed by atoms with van der Waals surface area (Å²) in [7, 11) is -4.05. The molecule has 1 unspecified atom stereocenters. The topological polar surface area (TPSA) is 94.2 Å². The van der Waals surface area contributed by atoms with Crippen molar-refractivity contribution >= 4 is 15.9 Å². The highest BCUT2D eigenvalue weighted by molar-refractivity contribution is 7.89. The lowest BCUT2D eigenvalue weighted by Crippen LogP contribution is -2.35. The average molecular weight is 321 g/mol. The van der Waals surface area contributed by atoms with Crippen LogP contribution in [0.3, 0.4) is 0 Å². The highest BCUT2D eigenvalue weighted by Crippen LogP contribution is 2.32. The number of carbonyl (C=O) groups is 1. The second-order valence-electron chi connectivity index (χ2n) is 5.25. The van der Waals surface area contributed by atoms with Crippen molar-refractivity contribution in [2.24, 2.45) is 11.1 Å². The van der Waals surface area contributed by atoms with Crippen molar-refractivity contribution in [3.05, 3.63) is 18.0 Å². The van der Waals surface area contributed by atoms with Crippen LogP contribution in [0.5, 0.6) is 0 Å². The molecule has 118 valence electrons. The van der Waals surface area contributed by atoms with Gasteiger partial charge in [-0.1, -0.05) is 0 Å². The number of nitrogens with zero attached hydrogens (tertiary/aromatic N) is 1. The van der Waals surface area contributed by atoms with Crippen molar-refractivity contribution < 1.29 is 22.0 Å². The lowest BCUT2D eigenvalue weighted by Gasteiger charge is -2.14. The zero-order valence-electron chi connectivity index (χ0n) is 11.4. The molecule has 1 amide bonds. The Morgan fingerprint density at radius 1 is 1.52 bits per heavy atom. The van der Waals surface area contributed by atoms with Crippen LogP contribution >= 0.6 is 0 Å². The third-order valence-corrected chi connectivity index (χ3v) is 4.34. The summed E-state index contributed by atoms with van der Waals surface area (Å²) in [6, 6.07) is 0.942. The summed E-state index contributed by atoms with van der Waals surface area (Å²) in [4.78, 5) is 11.8. The van der Waals surface area contributed by atoms with Crippen LogP contribution in [0.25, 0.3) is 0 Å². The van der Waals surface area contributed by atoms with E-state index in [1.165, 1.54) is 0 Å². The number of aromatic nitrogens is 1. The van der Waals surface area contributed by atoms with Crippen LogP contribution in [0, 0.1) is 5.92 Å². The molecule has 1 saturated carbocycles. The van der Waals surface area contributed by atoms with Gasteiger partial charge < -0.3 is 9.88 Å². The third-order valence-electron chi connectivity index (χ3n) is 3.46. The first-order chi connectivity index (χ1) is 9.68. The Balaban J connectivity index is 2.26. The third kappa shape index (κ3) is 4.01. The van der Waals surface area contributed by atoms with Gasteiger partial charge in [0.15, 0.2) is 0 Å². The fourth-order valence-corrected chi connectivity index (χ4v) is 2.67. The van der Waals surface area contributed by atoms with Crippen molar-refractivity contribution in [2.75, 3.05) is 0 Å². The summed E-state index contributed by atoms with van der Waals surface area (Å²) in [5.41, 5.74) is -0.133. The number of rotatable bonds is 6. The molecular weight excluding hydrogens is 304 g/mol. The van der Waals surface area contributed by atoms with E-state index in [1.807, 2.05) is 6.92 Å². The maximum absolute atomic E-state index is 12.5.